The number of carboxylic acids is 1. The van der Waals surface area contributed by atoms with E-state index in [1.807, 2.05) is 0 Å². The average Bonchev–Trinajstić information content (AvgIpc) is 3.07. The fourth-order valence-electron chi connectivity index (χ4n) is 8.33. The van der Waals surface area contributed by atoms with E-state index in [9.17, 15) is 54.9 Å². The van der Waals surface area contributed by atoms with Gasteiger partial charge in [-0.25, -0.2) is 4.79 Å². The second-order valence-electron chi connectivity index (χ2n) is 13.3. The maximum Gasteiger partial charge on any atom is 0.339 e. The van der Waals surface area contributed by atoms with Gasteiger partial charge in [0.2, 0.25) is 11.6 Å². The summed E-state index contributed by atoms with van der Waals surface area (Å²) in [4.78, 5) is 55.2. The predicted octanol–water partition coefficient (Wildman–Crippen LogP) is 0.247. The lowest BCUT2D eigenvalue weighted by atomic mass is 9.55. The molecule has 51 heavy (non-hydrogen) atoms. The molecule has 7 unspecified atom stereocenters. The van der Waals surface area contributed by atoms with Crippen molar-refractivity contribution < 1.29 is 73.9 Å². The van der Waals surface area contributed by atoms with Crippen molar-refractivity contribution in [2.75, 3.05) is 21.3 Å². The zero-order valence-electron chi connectivity index (χ0n) is 28.5. The van der Waals surface area contributed by atoms with Gasteiger partial charge in [-0.15, -0.1) is 0 Å². The number of Topliss-reactive ketones (excluding diaryl/α,β-unsaturated/α-hetero) is 2. The van der Waals surface area contributed by atoms with Crippen molar-refractivity contribution in [2.45, 2.75) is 86.8 Å². The van der Waals surface area contributed by atoms with Crippen LogP contribution in [0.2, 0.25) is 0 Å². The first-order valence-electron chi connectivity index (χ1n) is 16.1. The smallest absolute Gasteiger partial charge is 0.339 e. The SMILES string of the molecule is CCC1(O)C=CC(=O)c2c1cc1c(c2O)C(=O)C2(OC)C(O)C(NC3O[C@@H](C)[C@H](OC)[C@@H](O)C3OC)c3cc(C)c(C(=O)O)c(O)c3C2(O)C1=O. The third-order valence-corrected chi connectivity index (χ3v) is 10.9. The quantitative estimate of drug-likeness (QED) is 0.191. The number of methoxy groups -OCH3 is 3. The van der Waals surface area contributed by atoms with Crippen molar-refractivity contribution in [2.24, 2.45) is 0 Å². The minimum absolute atomic E-state index is 0.0441. The third kappa shape index (κ3) is 4.58. The first-order chi connectivity index (χ1) is 23.9. The Hall–Kier alpha value is -4.10. The highest BCUT2D eigenvalue weighted by molar-refractivity contribution is 6.26. The van der Waals surface area contributed by atoms with Gasteiger partial charge in [-0.05, 0) is 49.6 Å². The summed E-state index contributed by atoms with van der Waals surface area (Å²) in [6, 6.07) is 0.513. The summed E-state index contributed by atoms with van der Waals surface area (Å²) >= 11 is 0. The summed E-state index contributed by atoms with van der Waals surface area (Å²) < 4.78 is 22.6. The topological polar surface area (TPSA) is 259 Å². The maximum absolute atomic E-state index is 14.9. The van der Waals surface area contributed by atoms with Crippen molar-refractivity contribution in [1.29, 1.82) is 0 Å². The number of aromatic hydroxyl groups is 2. The molecule has 1 saturated heterocycles. The summed E-state index contributed by atoms with van der Waals surface area (Å²) in [5.41, 5.74) is -12.6. The van der Waals surface area contributed by atoms with E-state index in [4.69, 9.17) is 18.9 Å². The van der Waals surface area contributed by atoms with E-state index in [-0.39, 0.29) is 23.1 Å². The van der Waals surface area contributed by atoms with Gasteiger partial charge in [-0.1, -0.05) is 13.0 Å². The first-order valence-corrected chi connectivity index (χ1v) is 16.1. The second-order valence-corrected chi connectivity index (χ2v) is 13.3. The van der Waals surface area contributed by atoms with Gasteiger partial charge < -0.3 is 54.7 Å². The molecule has 16 heteroatoms. The van der Waals surface area contributed by atoms with Gasteiger partial charge in [-0.2, -0.15) is 0 Å². The number of rotatable bonds is 7. The van der Waals surface area contributed by atoms with Crippen LogP contribution in [-0.2, 0) is 30.1 Å². The second kappa shape index (κ2) is 12.3. The first kappa shape index (κ1) is 36.7. The van der Waals surface area contributed by atoms with Gasteiger partial charge in [0, 0.05) is 38.0 Å². The standard InChI is InChI=1S/C35H39NO15/c1-7-33(46)9-8-17(37)20-16(33)11-14-19(23(20)38)29(42)35(50-6)30(43)22(36-31-27(49-5)25(40)26(48-4)13(3)51-31)15-10-12(2)18(32(44)45)24(39)21(15)34(35,47)28(14)41/h8-11,13,22,25-27,30-31,36,38-40,43,46-47H,7H2,1-6H3,(H,44,45)/t13-,22?,25+,26-,27?,30?,31?,33?,34?,35?/m0/s1. The highest BCUT2D eigenvalue weighted by Gasteiger charge is 2.75. The van der Waals surface area contributed by atoms with Crippen LogP contribution in [0.1, 0.15) is 90.0 Å². The Bertz CT molecular complexity index is 1910. The monoisotopic (exact) mass is 713 g/mol. The van der Waals surface area contributed by atoms with Crippen LogP contribution in [0.25, 0.3) is 0 Å². The fourth-order valence-corrected chi connectivity index (χ4v) is 8.33. The molecule has 4 aliphatic rings. The fraction of sp³-hybridized carbons (Fsp3) is 0.486. The van der Waals surface area contributed by atoms with E-state index < -0.39 is 122 Å². The van der Waals surface area contributed by atoms with Crippen LogP contribution in [-0.4, -0.2) is 123 Å². The van der Waals surface area contributed by atoms with Crippen LogP contribution >= 0.6 is 0 Å². The Kier molecular flexibility index (Phi) is 8.81. The lowest BCUT2D eigenvalue weighted by molar-refractivity contribution is -0.247. The molecule has 2 aromatic rings. The number of ketones is 3. The molecular formula is C35H39NO15. The number of ether oxygens (including phenoxy) is 4. The molecule has 10 atom stereocenters. The van der Waals surface area contributed by atoms with Gasteiger partial charge in [-0.3, -0.25) is 19.7 Å². The normalized spacial score (nSPS) is 35.6. The van der Waals surface area contributed by atoms with Crippen LogP contribution in [0.15, 0.2) is 24.3 Å². The average molecular weight is 714 g/mol. The number of allylic oxidation sites excluding steroid dienone is 1. The van der Waals surface area contributed by atoms with Gasteiger partial charge in [0.15, 0.2) is 17.0 Å². The van der Waals surface area contributed by atoms with E-state index in [1.54, 1.807) is 13.8 Å². The number of carbonyl (C=O) groups excluding carboxylic acids is 3. The molecule has 3 aliphatic carbocycles. The number of hydrogen-bond acceptors (Lipinski definition) is 15. The number of aromatic carboxylic acids is 1. The van der Waals surface area contributed by atoms with Crippen LogP contribution in [0.5, 0.6) is 11.5 Å². The highest BCUT2D eigenvalue weighted by atomic mass is 16.6. The van der Waals surface area contributed by atoms with E-state index in [0.717, 1.165) is 25.3 Å². The molecule has 0 bridgehead atoms. The van der Waals surface area contributed by atoms with Gasteiger partial charge in [0.25, 0.3) is 0 Å². The molecule has 1 aliphatic heterocycles. The van der Waals surface area contributed by atoms with E-state index in [1.165, 1.54) is 27.2 Å². The number of hydrogen-bond donors (Lipinski definition) is 8. The van der Waals surface area contributed by atoms with Crippen LogP contribution in [0.4, 0.5) is 0 Å². The molecule has 0 radical (unpaired) electrons. The number of phenols is 2. The zero-order chi connectivity index (χ0) is 37.7. The number of carboxylic acid groups (broad SMARTS) is 1. The van der Waals surface area contributed by atoms with Gasteiger partial charge >= 0.3 is 5.97 Å². The Labute approximate surface area is 290 Å². The molecule has 0 spiro atoms. The van der Waals surface area contributed by atoms with Gasteiger partial charge in [0.05, 0.1) is 23.3 Å². The largest absolute Gasteiger partial charge is 0.507 e. The summed E-state index contributed by atoms with van der Waals surface area (Å²) in [7, 11) is 3.50. The minimum Gasteiger partial charge on any atom is -0.507 e. The van der Waals surface area contributed by atoms with Crippen molar-refractivity contribution >= 4 is 23.3 Å². The van der Waals surface area contributed by atoms with Crippen molar-refractivity contribution in [3.8, 4) is 11.5 Å². The molecule has 1 heterocycles. The molecule has 8 N–H and O–H groups in total. The van der Waals surface area contributed by atoms with Gasteiger partial charge in [0.1, 0.15) is 53.3 Å². The van der Waals surface area contributed by atoms with E-state index >= 15 is 0 Å². The lowest BCUT2D eigenvalue weighted by Gasteiger charge is -2.56. The number of nitrogens with one attached hydrogen (secondary N) is 1. The Morgan fingerprint density at radius 1 is 0.980 bits per heavy atom. The molecule has 6 rings (SSSR count). The molecule has 1 fully saturated rings. The number of carbonyl (C=O) groups is 4. The van der Waals surface area contributed by atoms with Crippen LogP contribution in [0.3, 0.4) is 0 Å². The molecule has 0 aromatic heterocycles. The summed E-state index contributed by atoms with van der Waals surface area (Å²) in [5.74, 6) is -7.47. The Morgan fingerprint density at radius 3 is 2.20 bits per heavy atom. The Morgan fingerprint density at radius 2 is 1.63 bits per heavy atom. The van der Waals surface area contributed by atoms with Crippen molar-refractivity contribution in [1.82, 2.24) is 5.32 Å². The number of aliphatic hydroxyl groups excluding tert-OH is 2. The van der Waals surface area contributed by atoms with Crippen LogP contribution in [0, 0.1) is 6.92 Å². The summed E-state index contributed by atoms with van der Waals surface area (Å²) in [5, 5.41) is 83.8. The molecule has 0 saturated carbocycles. The molecular weight excluding hydrogens is 674 g/mol. The predicted molar refractivity (Wildman–Crippen MR) is 172 cm³/mol. The summed E-state index contributed by atoms with van der Waals surface area (Å²) in [6.45, 7) is 4.47. The van der Waals surface area contributed by atoms with E-state index in [0.29, 0.717) is 0 Å². The Balaban J connectivity index is 1.66. The van der Waals surface area contributed by atoms with Crippen LogP contribution < -0.4 is 5.32 Å². The number of fused-ring (bicyclic) bond motifs is 5. The summed E-state index contributed by atoms with van der Waals surface area (Å²) in [6.07, 6.45) is -5.64. The number of benzene rings is 2. The van der Waals surface area contributed by atoms with Crippen molar-refractivity contribution in [3.63, 3.8) is 0 Å². The molecule has 274 valence electrons. The number of phenolic OH excluding ortho intramolecular Hbond substituents is 1. The van der Waals surface area contributed by atoms with Crippen molar-refractivity contribution in [3.05, 3.63) is 68.8 Å². The third-order valence-electron chi connectivity index (χ3n) is 10.9. The highest BCUT2D eigenvalue weighted by Crippen LogP contribution is 2.59. The molecule has 2 aromatic carbocycles. The van der Waals surface area contributed by atoms with E-state index in [2.05, 4.69) is 5.32 Å². The minimum atomic E-state index is -3.39. The zero-order valence-corrected chi connectivity index (χ0v) is 28.5. The lowest BCUT2D eigenvalue weighted by Crippen LogP contribution is -2.75. The maximum atomic E-state index is 14.9. The molecule has 16 nitrogen and oxygen atoms in total. The number of aryl methyl sites for hydroxylation is 1. The number of aliphatic hydroxyl groups is 4. The molecule has 0 amide bonds.